The van der Waals surface area contributed by atoms with Gasteiger partial charge in [0.1, 0.15) is 11.5 Å². The van der Waals surface area contributed by atoms with Gasteiger partial charge in [0.2, 0.25) is 41.6 Å². The lowest BCUT2D eigenvalue weighted by molar-refractivity contribution is -0.197. The number of nitrogens with one attached hydrogen (secondary N) is 11. The number of imide groups is 1. The van der Waals surface area contributed by atoms with Gasteiger partial charge < -0.3 is 77.7 Å². The summed E-state index contributed by atoms with van der Waals surface area (Å²) >= 11 is 16.4. The third-order valence-corrected chi connectivity index (χ3v) is 23.2. The first-order valence-electron chi connectivity index (χ1n) is 35.9. The molecule has 9 heterocycles. The zero-order chi connectivity index (χ0) is 69.7. The normalized spacial score (nSPS) is 23.3. The van der Waals surface area contributed by atoms with Crippen LogP contribution in [-0.2, 0) is 24.0 Å². The van der Waals surface area contributed by atoms with Crippen molar-refractivity contribution >= 4 is 130 Å². The van der Waals surface area contributed by atoms with Gasteiger partial charge in [-0.3, -0.25) is 14.4 Å². The van der Waals surface area contributed by atoms with Crippen LogP contribution in [0.15, 0.2) is 36.4 Å². The van der Waals surface area contributed by atoms with Gasteiger partial charge in [0, 0.05) is 96.3 Å². The number of urea groups is 2. The van der Waals surface area contributed by atoms with Crippen molar-refractivity contribution in [2.45, 2.75) is 226 Å². The van der Waals surface area contributed by atoms with Crippen LogP contribution in [0.25, 0.3) is 0 Å². The van der Waals surface area contributed by atoms with E-state index in [0.29, 0.717) is 117 Å². The number of amides is 7. The number of rotatable bonds is 25. The lowest BCUT2D eigenvalue weighted by Crippen LogP contribution is -2.42. The summed E-state index contributed by atoms with van der Waals surface area (Å²) < 4.78 is 10.5. The molecule has 0 radical (unpaired) electrons. The van der Waals surface area contributed by atoms with Crippen molar-refractivity contribution in [1.82, 2.24) is 66.5 Å². The van der Waals surface area contributed by atoms with Crippen LogP contribution in [0.5, 0.6) is 11.5 Å². The second kappa shape index (κ2) is 37.1. The average molecular weight is 1460 g/mol. The maximum atomic E-state index is 13.0. The maximum Gasteiger partial charge on any atom is 0.333 e. The smallest absolute Gasteiger partial charge is 0.333 e. The first kappa shape index (κ1) is 73.9. The van der Waals surface area contributed by atoms with E-state index in [9.17, 15) is 28.8 Å². The number of methoxy groups -OCH3 is 2. The minimum absolute atomic E-state index is 0.0492. The number of nitrogens with zero attached hydrogens (tertiary/aromatic N) is 8. The quantitative estimate of drug-likeness (QED) is 0.0127. The molecule has 6 atom stereocenters. The van der Waals surface area contributed by atoms with Crippen LogP contribution in [0.4, 0.5) is 56.7 Å². The molecule has 6 unspecified atom stereocenters. The van der Waals surface area contributed by atoms with Gasteiger partial charge in [0.25, 0.3) is 11.8 Å². The summed E-state index contributed by atoms with van der Waals surface area (Å²) in [7, 11) is 3.19. The fourth-order valence-corrected chi connectivity index (χ4v) is 17.8. The Kier molecular flexibility index (Phi) is 27.4. The second-order valence-corrected chi connectivity index (χ2v) is 30.3. The highest BCUT2D eigenvalue weighted by Gasteiger charge is 2.44. The molecule has 544 valence electrons. The standard InChI is InChI=1S/C32H46ClN9O3S.C22H32ClN7O.C14H19N3O5S/c1-45-25-13-12-22(18-23(25)33)36-31-40-29(34-20-8-4-2-3-5-9-20)39-30(41-31)35-21-14-16-42(17-15-21)27(43)11-7-6-10-26-28-24(19-46-26)37-32(44)38-28;1-31-19-9-8-17(14-18(19)23)27-22-29-20(25-15-6-4-2-3-5-7-15)28-21(30-22)26-16-10-12-24-13-11-16;18-10-5-6-11(19)17(10)22-12(20)4-2-1-3-9-13-8(7-23-9)15-14(21)16-13/h12-13,18,20-21,24,26,28H,2-11,14-17,19H2,1H3,(H2,37,38,44)(H3,34,35,36,39,40,41);8-9,14-16,24H,2-7,10-13H2,1H3,(H3,25,26,27,28,29,30);8-9,13H,1-7H2,(H2,15,16,21). The highest BCUT2D eigenvalue weighted by molar-refractivity contribution is 8.00. The molecule has 9 fully saturated rings. The number of hydrogen-bond acceptors (Lipinski definition) is 24. The first-order chi connectivity index (χ1) is 48.7. The SMILES string of the molecule is COc1ccc(Nc2nc(NC3CCCCCC3)nc(NC3CCN(C(=O)CCCCC4SCC5NC(=O)NC54)CC3)n2)cc1Cl.COc1ccc(Nc2nc(NC3CCCCCC3)nc(NC3CCNCC3)n2)cc1Cl.O=C1NC2CSC(CCCCC(=O)ON3C(=O)CCC3=O)C2N1. The number of thioether (sulfide) groups is 2. The van der Waals surface area contributed by atoms with Crippen molar-refractivity contribution in [2.75, 3.05) is 83.8 Å². The zero-order valence-corrected chi connectivity index (χ0v) is 60.3. The lowest BCUT2D eigenvalue weighted by Gasteiger charge is -2.32. The monoisotopic (exact) mass is 1460 g/mol. The number of carbonyl (C=O) groups is 6. The van der Waals surface area contributed by atoms with Gasteiger partial charge in [-0.05, 0) is 127 Å². The van der Waals surface area contributed by atoms with E-state index in [1.54, 1.807) is 20.3 Å². The van der Waals surface area contributed by atoms with E-state index in [1.807, 2.05) is 58.8 Å². The average Bonchev–Trinajstić information content (AvgIpc) is 1.48. The van der Waals surface area contributed by atoms with E-state index < -0.39 is 17.8 Å². The molecule has 28 nitrogen and oxygen atoms in total. The van der Waals surface area contributed by atoms with Crippen LogP contribution in [-0.4, -0.2) is 186 Å². The number of ether oxygens (including phenoxy) is 2. The molecule has 7 saturated heterocycles. The summed E-state index contributed by atoms with van der Waals surface area (Å²) in [5.41, 5.74) is 1.55. The molecule has 2 saturated carbocycles. The largest absolute Gasteiger partial charge is 0.495 e. The minimum atomic E-state index is -0.554. The van der Waals surface area contributed by atoms with Crippen molar-refractivity contribution in [2.24, 2.45) is 0 Å². The van der Waals surface area contributed by atoms with Crippen LogP contribution in [0, 0.1) is 0 Å². The third-order valence-electron chi connectivity index (χ3n) is 19.6. The van der Waals surface area contributed by atoms with Gasteiger partial charge in [-0.1, -0.05) is 87.4 Å². The van der Waals surface area contributed by atoms with Crippen LogP contribution in [0.1, 0.15) is 167 Å². The van der Waals surface area contributed by atoms with Gasteiger partial charge >= 0.3 is 18.0 Å². The summed E-state index contributed by atoms with van der Waals surface area (Å²) in [5.74, 6) is 5.07. The Labute approximate surface area is 603 Å². The number of carbonyl (C=O) groups excluding carboxylic acids is 6. The fourth-order valence-electron chi connectivity index (χ4n) is 14.2. The molecule has 0 spiro atoms. The number of anilines is 8. The van der Waals surface area contributed by atoms with E-state index >= 15 is 0 Å². The van der Waals surface area contributed by atoms with Crippen molar-refractivity contribution in [1.29, 1.82) is 0 Å². The molecule has 11 N–H and O–H groups in total. The fraction of sp³-hybridized carbons (Fsp3) is 0.647. The molecule has 4 aromatic rings. The van der Waals surface area contributed by atoms with Gasteiger partial charge in [-0.25, -0.2) is 14.4 Å². The number of unbranched alkanes of at least 4 members (excludes halogenated alkanes) is 2. The van der Waals surface area contributed by atoms with Gasteiger partial charge in [-0.15, -0.1) is 5.06 Å². The lowest BCUT2D eigenvalue weighted by atomic mass is 10.0. The van der Waals surface area contributed by atoms with Gasteiger partial charge in [-0.2, -0.15) is 53.4 Å². The van der Waals surface area contributed by atoms with Gasteiger partial charge in [0.05, 0.1) is 48.4 Å². The number of fused-ring (bicyclic) bond motifs is 2. The number of piperidine rings is 2. The van der Waals surface area contributed by atoms with E-state index in [-0.39, 0.29) is 67.4 Å². The number of benzene rings is 2. The molecule has 13 rings (SSSR count). The van der Waals surface area contributed by atoms with Crippen molar-refractivity contribution < 1.29 is 43.1 Å². The predicted octanol–water partition coefficient (Wildman–Crippen LogP) is 10.4. The van der Waals surface area contributed by atoms with Crippen molar-refractivity contribution in [3.8, 4) is 11.5 Å². The highest BCUT2D eigenvalue weighted by Crippen LogP contribution is 2.36. The van der Waals surface area contributed by atoms with Gasteiger partial charge in [0.15, 0.2) is 0 Å². The second-order valence-electron chi connectivity index (χ2n) is 27.0. The Balaban J connectivity index is 0.000000162. The number of aromatic nitrogens is 6. The van der Waals surface area contributed by atoms with Crippen molar-refractivity contribution in [3.05, 3.63) is 46.4 Å². The number of hydrogen-bond donors (Lipinski definition) is 11. The Morgan fingerprint density at radius 1 is 0.520 bits per heavy atom. The number of halogens is 2. The molecule has 7 amide bonds. The zero-order valence-electron chi connectivity index (χ0n) is 57.2. The molecule has 2 aromatic heterocycles. The van der Waals surface area contributed by atoms with Crippen LogP contribution < -0.4 is 68.0 Å². The summed E-state index contributed by atoms with van der Waals surface area (Å²) in [5, 5.41) is 38.4. The Morgan fingerprint density at radius 3 is 1.36 bits per heavy atom. The van der Waals surface area contributed by atoms with Crippen LogP contribution in [0.2, 0.25) is 10.0 Å². The summed E-state index contributed by atoms with van der Waals surface area (Å²) in [6, 6.07) is 12.9. The number of likely N-dealkylation sites (tertiary alicyclic amines) is 1. The number of hydroxylamine groups is 2. The maximum absolute atomic E-state index is 13.0. The van der Waals surface area contributed by atoms with E-state index in [0.717, 1.165) is 119 Å². The molecule has 7 aliphatic heterocycles. The van der Waals surface area contributed by atoms with Crippen LogP contribution >= 0.6 is 46.7 Å². The third kappa shape index (κ3) is 21.6. The Morgan fingerprint density at radius 2 is 0.930 bits per heavy atom. The van der Waals surface area contributed by atoms with E-state index in [4.69, 9.17) is 52.5 Å². The first-order valence-corrected chi connectivity index (χ1v) is 38.7. The molecule has 100 heavy (non-hydrogen) atoms. The molecule has 2 aromatic carbocycles. The molecule has 2 aliphatic carbocycles. The Bertz CT molecular complexity index is 3400. The predicted molar refractivity (Wildman–Crippen MR) is 390 cm³/mol. The molecule has 0 bridgehead atoms. The Hall–Kier alpha value is -7.28. The minimum Gasteiger partial charge on any atom is -0.495 e. The summed E-state index contributed by atoms with van der Waals surface area (Å²) in [6.45, 7) is 3.44. The van der Waals surface area contributed by atoms with Crippen LogP contribution in [0.3, 0.4) is 0 Å². The summed E-state index contributed by atoms with van der Waals surface area (Å²) in [4.78, 5) is 105. The van der Waals surface area contributed by atoms with Crippen molar-refractivity contribution in [3.63, 3.8) is 0 Å². The highest BCUT2D eigenvalue weighted by atomic mass is 35.5. The molecular weight excluding hydrogens is 1360 g/mol. The topological polar surface area (TPSA) is 346 Å². The molecule has 32 heteroatoms. The van der Waals surface area contributed by atoms with E-state index in [2.05, 4.69) is 73.4 Å². The van der Waals surface area contributed by atoms with E-state index in [1.165, 1.54) is 51.4 Å². The molecular formula is C68H97Cl2N19O9S2. The summed E-state index contributed by atoms with van der Waals surface area (Å²) in [6.07, 6.45) is 24.6. The molecule has 9 aliphatic rings.